The molecule has 0 aromatic heterocycles. The normalized spacial score (nSPS) is 30.5. The van der Waals surface area contributed by atoms with Gasteiger partial charge in [-0.3, -0.25) is 4.79 Å². The maximum absolute atomic E-state index is 10.8. The molecule has 4 nitrogen and oxygen atoms in total. The number of amides is 2. The van der Waals surface area contributed by atoms with E-state index in [1.165, 1.54) is 6.92 Å². The van der Waals surface area contributed by atoms with Crippen molar-refractivity contribution in [2.24, 2.45) is 0 Å². The zero-order chi connectivity index (χ0) is 8.59. The maximum Gasteiger partial charge on any atom is 0.419 e. The van der Waals surface area contributed by atoms with Crippen LogP contribution in [0.1, 0.15) is 6.92 Å². The van der Waals surface area contributed by atoms with Crippen molar-refractivity contribution in [3.05, 3.63) is 0 Å². The van der Waals surface area contributed by atoms with Crippen LogP contribution in [0.25, 0.3) is 0 Å². The number of imide groups is 1. The predicted octanol–water partition coefficient (Wildman–Crippen LogP) is 1.11. The molecule has 2 unspecified atom stereocenters. The first-order valence-electron chi connectivity index (χ1n) is 2.82. The Morgan fingerprint density at radius 2 is 2.18 bits per heavy atom. The number of carbonyl (C=O) groups is 2. The Morgan fingerprint density at radius 1 is 1.64 bits per heavy atom. The second-order valence-electron chi connectivity index (χ2n) is 2.00. The van der Waals surface area contributed by atoms with Crippen molar-refractivity contribution in [2.45, 2.75) is 18.0 Å². The van der Waals surface area contributed by atoms with Crippen LogP contribution in [0.15, 0.2) is 0 Å². The third-order valence-corrected chi connectivity index (χ3v) is 2.09. The van der Waals surface area contributed by atoms with Crippen LogP contribution in [-0.4, -0.2) is 28.0 Å². The van der Waals surface area contributed by atoms with Gasteiger partial charge in [0.15, 0.2) is 5.50 Å². The lowest BCUT2D eigenvalue weighted by Crippen LogP contribution is -2.34. The van der Waals surface area contributed by atoms with Crippen LogP contribution < -0.4 is 0 Å². The lowest BCUT2D eigenvalue weighted by Gasteiger charge is -2.11. The second kappa shape index (κ2) is 2.87. The van der Waals surface area contributed by atoms with Gasteiger partial charge in [0, 0.05) is 6.92 Å². The highest BCUT2D eigenvalue weighted by molar-refractivity contribution is 6.32. The van der Waals surface area contributed by atoms with Gasteiger partial charge in [-0.05, 0) is 0 Å². The largest absolute Gasteiger partial charge is 0.426 e. The fourth-order valence-corrected chi connectivity index (χ4v) is 1.19. The number of nitrogens with zero attached hydrogens (tertiary/aromatic N) is 1. The van der Waals surface area contributed by atoms with Crippen LogP contribution in [0, 0.1) is 0 Å². The van der Waals surface area contributed by atoms with E-state index in [-0.39, 0.29) is 0 Å². The molecular weight excluding hydrogens is 193 g/mol. The van der Waals surface area contributed by atoms with Crippen LogP contribution >= 0.6 is 23.2 Å². The van der Waals surface area contributed by atoms with E-state index >= 15 is 0 Å². The van der Waals surface area contributed by atoms with Gasteiger partial charge >= 0.3 is 6.09 Å². The number of rotatable bonds is 0. The molecule has 0 saturated carbocycles. The molecular formula is C5H5Cl2NO3. The van der Waals surface area contributed by atoms with Gasteiger partial charge in [0.2, 0.25) is 11.5 Å². The molecule has 1 aliphatic heterocycles. The lowest BCUT2D eigenvalue weighted by molar-refractivity contribution is -0.125. The standard InChI is InChI=1S/C5H5Cl2NO3/c1-2(9)8-3(6)4(7)11-5(8)10/h3-4H,1H3. The predicted molar refractivity (Wildman–Crippen MR) is 38.3 cm³/mol. The Kier molecular flexibility index (Phi) is 2.25. The van der Waals surface area contributed by atoms with Crippen molar-refractivity contribution in [1.29, 1.82) is 0 Å². The van der Waals surface area contributed by atoms with Gasteiger partial charge in [0.25, 0.3) is 0 Å². The molecule has 1 fully saturated rings. The van der Waals surface area contributed by atoms with Crippen LogP contribution in [0.5, 0.6) is 0 Å². The number of alkyl halides is 2. The minimum absolute atomic E-state index is 0.474. The summed E-state index contributed by atoms with van der Waals surface area (Å²) >= 11 is 11.0. The minimum atomic E-state index is -0.951. The molecule has 0 aromatic carbocycles. The van der Waals surface area contributed by atoms with E-state index in [2.05, 4.69) is 4.74 Å². The monoisotopic (exact) mass is 197 g/mol. The number of hydrogen-bond donors (Lipinski definition) is 0. The SMILES string of the molecule is CC(=O)N1C(=O)OC(Cl)C1Cl. The topological polar surface area (TPSA) is 46.6 Å². The average molecular weight is 198 g/mol. The summed E-state index contributed by atoms with van der Waals surface area (Å²) in [6, 6.07) is 0. The molecule has 2 atom stereocenters. The lowest BCUT2D eigenvalue weighted by atomic mass is 10.5. The number of cyclic esters (lactones) is 1. The van der Waals surface area contributed by atoms with Crippen LogP contribution in [0.2, 0.25) is 0 Å². The van der Waals surface area contributed by atoms with Crippen LogP contribution in [0.3, 0.4) is 0 Å². The molecule has 0 aromatic rings. The van der Waals surface area contributed by atoms with Crippen molar-refractivity contribution < 1.29 is 14.3 Å². The van der Waals surface area contributed by atoms with Gasteiger partial charge in [-0.15, -0.1) is 0 Å². The molecule has 1 saturated heterocycles. The summed E-state index contributed by atoms with van der Waals surface area (Å²) in [7, 11) is 0. The summed E-state index contributed by atoms with van der Waals surface area (Å²) in [5, 5.41) is 0. The van der Waals surface area contributed by atoms with Gasteiger partial charge in [-0.25, -0.2) is 9.69 Å². The van der Waals surface area contributed by atoms with E-state index in [4.69, 9.17) is 23.2 Å². The highest BCUT2D eigenvalue weighted by Crippen LogP contribution is 2.24. The molecule has 0 N–H and O–H groups in total. The van der Waals surface area contributed by atoms with Crippen molar-refractivity contribution in [3.8, 4) is 0 Å². The van der Waals surface area contributed by atoms with Gasteiger partial charge < -0.3 is 4.74 Å². The first-order valence-corrected chi connectivity index (χ1v) is 3.70. The molecule has 0 bridgehead atoms. The highest BCUT2D eigenvalue weighted by Gasteiger charge is 2.41. The zero-order valence-corrected chi connectivity index (χ0v) is 7.09. The number of carbonyl (C=O) groups excluding carboxylic acids is 2. The molecule has 1 heterocycles. The smallest absolute Gasteiger partial charge is 0.419 e. The van der Waals surface area contributed by atoms with Gasteiger partial charge in [0.05, 0.1) is 0 Å². The summed E-state index contributed by atoms with van der Waals surface area (Å²) in [4.78, 5) is 22.2. The molecule has 6 heteroatoms. The van der Waals surface area contributed by atoms with E-state index in [1.54, 1.807) is 0 Å². The van der Waals surface area contributed by atoms with E-state index in [1.807, 2.05) is 0 Å². The second-order valence-corrected chi connectivity index (χ2v) is 2.87. The fraction of sp³-hybridized carbons (Fsp3) is 0.600. The first-order chi connectivity index (χ1) is 5.04. The molecule has 62 valence electrons. The Bertz CT molecular complexity index is 208. The molecule has 11 heavy (non-hydrogen) atoms. The Balaban J connectivity index is 2.79. The van der Waals surface area contributed by atoms with E-state index in [0.717, 1.165) is 4.90 Å². The summed E-state index contributed by atoms with van der Waals surface area (Å²) < 4.78 is 4.45. The van der Waals surface area contributed by atoms with Gasteiger partial charge in [-0.1, -0.05) is 23.2 Å². The number of hydrogen-bond acceptors (Lipinski definition) is 3. The number of halogens is 2. The minimum Gasteiger partial charge on any atom is -0.426 e. The molecule has 2 amide bonds. The van der Waals surface area contributed by atoms with E-state index in [0.29, 0.717) is 0 Å². The molecule has 1 aliphatic rings. The Hall–Kier alpha value is -0.480. The molecule has 1 rings (SSSR count). The first kappa shape index (κ1) is 8.62. The fourth-order valence-electron chi connectivity index (χ4n) is 0.729. The highest BCUT2D eigenvalue weighted by atomic mass is 35.5. The van der Waals surface area contributed by atoms with Crippen LogP contribution in [0.4, 0.5) is 4.79 Å². The van der Waals surface area contributed by atoms with Crippen molar-refractivity contribution >= 4 is 35.2 Å². The quantitative estimate of drug-likeness (QED) is 0.432. The zero-order valence-electron chi connectivity index (χ0n) is 5.58. The van der Waals surface area contributed by atoms with Crippen molar-refractivity contribution in [2.75, 3.05) is 0 Å². The molecule has 0 spiro atoms. The Morgan fingerprint density at radius 3 is 2.36 bits per heavy atom. The third-order valence-electron chi connectivity index (χ3n) is 1.21. The van der Waals surface area contributed by atoms with Gasteiger partial charge in [-0.2, -0.15) is 0 Å². The van der Waals surface area contributed by atoms with Crippen molar-refractivity contribution in [1.82, 2.24) is 4.90 Å². The maximum atomic E-state index is 10.8. The molecule has 0 aliphatic carbocycles. The summed E-state index contributed by atoms with van der Waals surface area (Å²) in [5.41, 5.74) is -1.85. The number of ether oxygens (including phenoxy) is 1. The summed E-state index contributed by atoms with van der Waals surface area (Å²) in [5.74, 6) is -0.474. The van der Waals surface area contributed by atoms with Crippen LogP contribution in [-0.2, 0) is 9.53 Å². The van der Waals surface area contributed by atoms with Crippen molar-refractivity contribution in [3.63, 3.8) is 0 Å². The summed E-state index contributed by atoms with van der Waals surface area (Å²) in [6.45, 7) is 1.21. The summed E-state index contributed by atoms with van der Waals surface area (Å²) in [6.07, 6.45) is -0.794. The molecule has 0 radical (unpaired) electrons. The van der Waals surface area contributed by atoms with Gasteiger partial charge in [0.1, 0.15) is 0 Å². The third kappa shape index (κ3) is 1.41. The van der Waals surface area contributed by atoms with E-state index < -0.39 is 23.1 Å². The Labute approximate surface area is 73.0 Å². The average Bonchev–Trinajstić information content (AvgIpc) is 2.07. The van der Waals surface area contributed by atoms with E-state index in [9.17, 15) is 9.59 Å².